The highest BCUT2D eigenvalue weighted by molar-refractivity contribution is 5.79. The minimum atomic E-state index is -0.453. The maximum Gasteiger partial charge on any atom is 0.119 e. The van der Waals surface area contributed by atoms with E-state index in [0.29, 0.717) is 0 Å². The van der Waals surface area contributed by atoms with Crippen molar-refractivity contribution in [2.24, 2.45) is 5.41 Å². The monoisotopic (exact) mass is 782 g/mol. The first-order chi connectivity index (χ1) is 29.3. The van der Waals surface area contributed by atoms with Crippen molar-refractivity contribution in [3.05, 3.63) is 223 Å². The first-order valence-corrected chi connectivity index (χ1v) is 20.7. The van der Waals surface area contributed by atoms with Gasteiger partial charge in [-0.05, 0) is 131 Å². The smallest absolute Gasteiger partial charge is 0.119 e. The second-order valence-electron chi connectivity index (χ2n) is 16.3. The lowest BCUT2D eigenvalue weighted by atomic mass is 9.66. The van der Waals surface area contributed by atoms with Crippen LogP contribution in [0.4, 0.5) is 28.4 Å². The normalized spacial score (nSPS) is 16.4. The summed E-state index contributed by atoms with van der Waals surface area (Å²) in [4.78, 5) is 4.87. The van der Waals surface area contributed by atoms with Crippen molar-refractivity contribution < 1.29 is 9.47 Å². The fourth-order valence-corrected chi connectivity index (χ4v) is 9.47. The van der Waals surface area contributed by atoms with Crippen LogP contribution in [0.3, 0.4) is 0 Å². The Balaban J connectivity index is 1.12. The van der Waals surface area contributed by atoms with E-state index in [1.165, 1.54) is 38.9 Å². The Kier molecular flexibility index (Phi) is 10.2. The van der Waals surface area contributed by atoms with E-state index in [0.717, 1.165) is 39.9 Å². The predicted octanol–water partition coefficient (Wildman–Crippen LogP) is 14.7. The highest BCUT2D eigenvalue weighted by atomic mass is 16.5. The first kappa shape index (κ1) is 38.5. The van der Waals surface area contributed by atoms with Gasteiger partial charge in [-0.25, -0.2) is 0 Å². The number of rotatable bonds is 11. The number of methoxy groups -OCH3 is 2. The largest absolute Gasteiger partial charge is 0.497 e. The highest BCUT2D eigenvalue weighted by Gasteiger charge is 2.58. The van der Waals surface area contributed by atoms with Crippen LogP contribution in [0, 0.1) is 5.41 Å². The molecule has 1 aliphatic rings. The van der Waals surface area contributed by atoms with Crippen LogP contribution < -0.4 is 19.3 Å². The second kappa shape index (κ2) is 16.0. The van der Waals surface area contributed by atoms with Gasteiger partial charge in [-0.1, -0.05) is 135 Å². The molecule has 0 saturated carbocycles. The quantitative estimate of drug-likeness (QED) is 0.130. The molecule has 8 aromatic rings. The molecule has 0 N–H and O–H groups in total. The molecule has 0 radical (unpaired) electrons. The summed E-state index contributed by atoms with van der Waals surface area (Å²) in [6, 6.07) is 74.1. The third-order valence-corrected chi connectivity index (χ3v) is 12.8. The van der Waals surface area contributed by atoms with Gasteiger partial charge in [0, 0.05) is 39.8 Å². The molecule has 60 heavy (non-hydrogen) atoms. The number of ether oxygens (including phenoxy) is 2. The van der Waals surface area contributed by atoms with E-state index in [2.05, 4.69) is 225 Å². The van der Waals surface area contributed by atoms with E-state index < -0.39 is 5.54 Å². The Morgan fingerprint density at radius 1 is 0.383 bits per heavy atom. The highest BCUT2D eigenvalue weighted by Crippen LogP contribution is 2.64. The summed E-state index contributed by atoms with van der Waals surface area (Å²) in [7, 11) is 3.43. The summed E-state index contributed by atoms with van der Waals surface area (Å²) >= 11 is 0. The van der Waals surface area contributed by atoms with Crippen LogP contribution in [-0.2, 0) is 5.54 Å². The van der Waals surface area contributed by atoms with Crippen molar-refractivity contribution in [1.82, 2.24) is 0 Å². The lowest BCUT2D eigenvalue weighted by Gasteiger charge is -2.51. The standard InChI is InChI=1S/C56H50N2O2/c1-55(2)54(44-24-28-46(29-25-44)57(47-32-36-50(59-4)37-33-47)45-26-20-42(21-27-45)40-14-8-6-9-15-40)52-18-12-13-19-53(52)56(55,3)58(49-34-38-51(60-5)39-35-49)48-30-22-43(23-31-48)41-16-10-7-11-17-41/h6-39,54H,1-5H3. The van der Waals surface area contributed by atoms with Crippen LogP contribution in [0.1, 0.15) is 43.4 Å². The van der Waals surface area contributed by atoms with Crippen LogP contribution in [0.15, 0.2) is 206 Å². The van der Waals surface area contributed by atoms with Crippen LogP contribution in [0.5, 0.6) is 11.5 Å². The first-order valence-electron chi connectivity index (χ1n) is 20.7. The molecule has 0 amide bonds. The molecule has 2 atom stereocenters. The van der Waals surface area contributed by atoms with Crippen molar-refractivity contribution in [3.8, 4) is 33.8 Å². The number of hydrogen-bond donors (Lipinski definition) is 0. The van der Waals surface area contributed by atoms with Gasteiger partial charge in [-0.3, -0.25) is 0 Å². The summed E-state index contributed by atoms with van der Waals surface area (Å²) in [6.07, 6.45) is 0. The zero-order chi connectivity index (χ0) is 41.3. The summed E-state index contributed by atoms with van der Waals surface area (Å²) in [5.41, 5.74) is 13.5. The minimum Gasteiger partial charge on any atom is -0.497 e. The Morgan fingerprint density at radius 3 is 1.22 bits per heavy atom. The fraction of sp³-hybridized carbons (Fsp3) is 0.143. The van der Waals surface area contributed by atoms with Gasteiger partial charge in [0.25, 0.3) is 0 Å². The molecular formula is C56H50N2O2. The maximum absolute atomic E-state index is 5.63. The molecule has 4 nitrogen and oxygen atoms in total. The Morgan fingerprint density at radius 2 is 0.750 bits per heavy atom. The van der Waals surface area contributed by atoms with E-state index in [4.69, 9.17) is 9.47 Å². The van der Waals surface area contributed by atoms with E-state index in [-0.39, 0.29) is 11.3 Å². The third-order valence-electron chi connectivity index (χ3n) is 12.8. The average molecular weight is 783 g/mol. The Labute approximate surface area is 354 Å². The summed E-state index contributed by atoms with van der Waals surface area (Å²) in [6.45, 7) is 7.32. The average Bonchev–Trinajstić information content (AvgIpc) is 3.49. The minimum absolute atomic E-state index is 0.108. The van der Waals surface area contributed by atoms with E-state index in [1.54, 1.807) is 14.2 Å². The van der Waals surface area contributed by atoms with E-state index >= 15 is 0 Å². The number of nitrogens with zero attached hydrogens (tertiary/aromatic N) is 2. The molecule has 296 valence electrons. The number of benzene rings is 8. The van der Waals surface area contributed by atoms with Crippen molar-refractivity contribution in [1.29, 1.82) is 0 Å². The third kappa shape index (κ3) is 6.78. The molecule has 1 aliphatic carbocycles. The van der Waals surface area contributed by atoms with Crippen LogP contribution in [0.2, 0.25) is 0 Å². The Hall–Kier alpha value is -7.04. The number of hydrogen-bond acceptors (Lipinski definition) is 4. The molecule has 0 aliphatic heterocycles. The lowest BCUT2D eigenvalue weighted by molar-refractivity contribution is 0.186. The molecule has 9 rings (SSSR count). The SMILES string of the molecule is COc1ccc(N(c2ccc(-c3ccccc3)cc2)c2ccc(C3c4ccccc4C(C)(N(c4ccc(OC)cc4)c4ccc(-c5ccccc5)cc4)C3(C)C)cc2)cc1. The van der Waals surface area contributed by atoms with Crippen molar-refractivity contribution >= 4 is 28.4 Å². The zero-order valence-electron chi connectivity index (χ0n) is 34.9. The summed E-state index contributed by atoms with van der Waals surface area (Å²) in [5, 5.41) is 0. The van der Waals surface area contributed by atoms with Crippen LogP contribution in [0.25, 0.3) is 22.3 Å². The maximum atomic E-state index is 5.63. The molecule has 4 heteroatoms. The van der Waals surface area contributed by atoms with Crippen LogP contribution >= 0.6 is 0 Å². The van der Waals surface area contributed by atoms with Crippen molar-refractivity contribution in [3.63, 3.8) is 0 Å². The molecule has 0 saturated heterocycles. The molecule has 0 aromatic heterocycles. The second-order valence-corrected chi connectivity index (χ2v) is 16.3. The predicted molar refractivity (Wildman–Crippen MR) is 250 cm³/mol. The lowest BCUT2D eigenvalue weighted by Crippen LogP contribution is -2.50. The molecule has 0 bridgehead atoms. The van der Waals surface area contributed by atoms with Crippen molar-refractivity contribution in [2.45, 2.75) is 32.2 Å². The molecule has 0 spiro atoms. The Bertz CT molecular complexity index is 2680. The fourth-order valence-electron chi connectivity index (χ4n) is 9.47. The molecule has 2 unspecified atom stereocenters. The van der Waals surface area contributed by atoms with Gasteiger partial charge >= 0.3 is 0 Å². The van der Waals surface area contributed by atoms with Crippen LogP contribution in [-0.4, -0.2) is 14.2 Å². The van der Waals surface area contributed by atoms with Gasteiger partial charge in [0.15, 0.2) is 0 Å². The van der Waals surface area contributed by atoms with Gasteiger partial charge in [-0.2, -0.15) is 0 Å². The summed E-state index contributed by atoms with van der Waals surface area (Å²) in [5.74, 6) is 1.77. The number of anilines is 5. The van der Waals surface area contributed by atoms with Gasteiger partial charge < -0.3 is 19.3 Å². The van der Waals surface area contributed by atoms with E-state index in [1.807, 2.05) is 12.1 Å². The molecular weight excluding hydrogens is 733 g/mol. The zero-order valence-corrected chi connectivity index (χ0v) is 34.9. The van der Waals surface area contributed by atoms with Gasteiger partial charge in [0.2, 0.25) is 0 Å². The summed E-state index contributed by atoms with van der Waals surface area (Å²) < 4.78 is 11.2. The van der Waals surface area contributed by atoms with Gasteiger partial charge in [0.1, 0.15) is 11.5 Å². The number of fused-ring (bicyclic) bond motifs is 1. The van der Waals surface area contributed by atoms with Gasteiger partial charge in [-0.15, -0.1) is 0 Å². The van der Waals surface area contributed by atoms with Crippen molar-refractivity contribution in [2.75, 3.05) is 24.0 Å². The molecule has 8 aromatic carbocycles. The van der Waals surface area contributed by atoms with Gasteiger partial charge in [0.05, 0.1) is 19.8 Å². The molecule has 0 fully saturated rings. The van der Waals surface area contributed by atoms with E-state index in [9.17, 15) is 0 Å². The topological polar surface area (TPSA) is 24.9 Å². The molecule has 0 heterocycles.